The average molecular weight is 1770 g/mol. The number of amidine groups is 2. The van der Waals surface area contributed by atoms with Crippen LogP contribution in [0.1, 0.15) is 254 Å². The van der Waals surface area contributed by atoms with Gasteiger partial charge in [-0.2, -0.15) is 0 Å². The number of phenols is 3. The molecule has 0 unspecified atom stereocenters. The second-order valence-electron chi connectivity index (χ2n) is 36.5. The third-order valence-corrected chi connectivity index (χ3v) is 22.8. The molecule has 1 aliphatic rings. The van der Waals surface area contributed by atoms with Crippen molar-refractivity contribution < 1.29 is 93.6 Å². The van der Waals surface area contributed by atoms with Gasteiger partial charge in [0.2, 0.25) is 5.91 Å². The van der Waals surface area contributed by atoms with Gasteiger partial charge in [0.25, 0.3) is 5.91 Å². The van der Waals surface area contributed by atoms with Crippen LogP contribution >= 0.6 is 22.7 Å². The Morgan fingerprint density at radius 3 is 1.10 bits per heavy atom. The van der Waals surface area contributed by atoms with Gasteiger partial charge in [-0.15, -0.1) is 22.7 Å². The Balaban J connectivity index is 0.000000262. The molecule has 622 valence electrons. The number of benzene rings is 9. The predicted molar refractivity (Wildman–Crippen MR) is 485 cm³/mol. The largest absolute Gasteiger partial charge is 0.507 e. The Morgan fingerprint density at radius 1 is 0.380 bits per heavy atom. The van der Waals surface area contributed by atoms with Crippen LogP contribution in [-0.4, -0.2) is 82.0 Å². The molecule has 9 aromatic carbocycles. The molecule has 12 aromatic rings. The normalized spacial score (nSPS) is 12.7. The number of fused-ring (bicyclic) bond motifs is 2. The zero-order valence-corrected chi connectivity index (χ0v) is 81.4. The molecule has 4 heterocycles. The van der Waals surface area contributed by atoms with E-state index in [1.54, 1.807) is 18.2 Å². The number of carboxylic acids is 3. The van der Waals surface area contributed by atoms with E-state index < -0.39 is 17.9 Å². The summed E-state index contributed by atoms with van der Waals surface area (Å²) in [6.07, 6.45) is 0. The van der Waals surface area contributed by atoms with E-state index in [0.29, 0.717) is 83.4 Å². The first-order chi connectivity index (χ1) is 55.3. The molecule has 0 bridgehead atoms. The number of para-hydroxylation sites is 2. The van der Waals surface area contributed by atoms with E-state index in [4.69, 9.17) is 24.9 Å². The van der Waals surface area contributed by atoms with Crippen molar-refractivity contribution in [3.05, 3.63) is 275 Å². The first-order valence-corrected chi connectivity index (χ1v) is 41.0. The molecular weight excluding hydrogens is 1660 g/mol. The fraction of sp³-hybridized carbons (Fsp3) is 0.303. The molecule has 0 aliphatic carbocycles. The number of carboxylic acid groups (broad SMARTS) is 3. The Labute approximate surface area is 743 Å². The Hall–Kier alpha value is -10.9. The Bertz CT molecular complexity index is 5810. The number of carbonyl (C=O) groups excluding carboxylic acids is 2. The molecule has 1 aliphatic heterocycles. The number of nitrogens with zero attached hydrogens (tertiary/aromatic N) is 5. The minimum absolute atomic E-state index is 0. The van der Waals surface area contributed by atoms with E-state index in [1.165, 1.54) is 22.7 Å². The number of carbonyl (C=O) groups is 5. The molecule has 121 heavy (non-hydrogen) atoms. The van der Waals surface area contributed by atoms with Crippen molar-refractivity contribution in [2.45, 2.75) is 199 Å². The van der Waals surface area contributed by atoms with E-state index >= 15 is 0 Å². The average Bonchev–Trinajstić information content (AvgIpc) is 1.60. The van der Waals surface area contributed by atoms with Gasteiger partial charge in [0.05, 0.1) is 31.8 Å². The topological polar surface area (TPSA) is 295 Å². The number of hydrogen-bond acceptors (Lipinski definition) is 13. The van der Waals surface area contributed by atoms with Crippen molar-refractivity contribution in [2.75, 3.05) is 5.32 Å². The Morgan fingerprint density at radius 2 is 0.736 bits per heavy atom. The van der Waals surface area contributed by atoms with Gasteiger partial charge in [-0.3, -0.25) is 9.59 Å². The van der Waals surface area contributed by atoms with E-state index in [0.717, 1.165) is 81.6 Å². The molecule has 22 heteroatoms. The molecule has 0 saturated carbocycles. The fourth-order valence-corrected chi connectivity index (χ4v) is 15.9. The number of thiazole rings is 2. The van der Waals surface area contributed by atoms with E-state index in [-0.39, 0.29) is 117 Å². The molecule has 0 fully saturated rings. The number of rotatable bonds is 11. The molecule has 0 radical (unpaired) electrons. The van der Waals surface area contributed by atoms with Crippen molar-refractivity contribution in [2.24, 2.45) is 9.98 Å². The summed E-state index contributed by atoms with van der Waals surface area (Å²) < 4.78 is 1.99. The quantitative estimate of drug-likeness (QED) is 0.0559. The molecular formula is C99H108N7O11S2Zn2-. The summed E-state index contributed by atoms with van der Waals surface area (Å²) in [5.41, 5.74) is 16.4. The SMILES string of the molecule is CC(C)(C)c1cc(C(=O)O)c(O)c(C(C)(C)C)c1.CC(C)(C)c1cc(C(=O)O)c(O)c(C(C)(C)C)c1.CC(C)(C)c1cc(C(=O)O)c(O)c(C(C)(C)C)c1.Cc1ccc(C2=C(c3nc4ccccc4s3)C(NC(=O)c3ccccc3C)=NC2=Nc2[n-]c(NC(=O)c3ccccc3C)c(-c3nc4ccccc4s3)c2-c2ccc(C)cc2C)c(C)c1.[Zn].[Zn]. The molecule has 2 amide bonds. The van der Waals surface area contributed by atoms with Crippen molar-refractivity contribution in [3.8, 4) is 38.9 Å². The van der Waals surface area contributed by atoms with Crippen molar-refractivity contribution in [1.29, 1.82) is 0 Å². The van der Waals surface area contributed by atoms with Crippen LogP contribution in [0.4, 0.5) is 11.6 Å². The monoisotopic (exact) mass is 1760 g/mol. The number of aromatic hydroxyl groups is 3. The van der Waals surface area contributed by atoms with Gasteiger partial charge >= 0.3 is 17.9 Å². The van der Waals surface area contributed by atoms with Crippen LogP contribution in [0.2, 0.25) is 0 Å². The summed E-state index contributed by atoms with van der Waals surface area (Å²) in [6.45, 7) is 47.9. The molecule has 0 spiro atoms. The summed E-state index contributed by atoms with van der Waals surface area (Å²) in [6, 6.07) is 53.9. The van der Waals surface area contributed by atoms with E-state index in [2.05, 4.69) is 74.7 Å². The molecule has 18 nitrogen and oxygen atoms in total. The molecule has 13 rings (SSSR count). The summed E-state index contributed by atoms with van der Waals surface area (Å²) in [5, 5.41) is 65.6. The molecule has 3 aromatic heterocycles. The second-order valence-corrected chi connectivity index (χ2v) is 38.6. The Kier molecular flexibility index (Phi) is 29.4. The predicted octanol–water partition coefficient (Wildman–Crippen LogP) is 23.8. The van der Waals surface area contributed by atoms with Crippen molar-refractivity contribution >= 4 is 107 Å². The first-order valence-electron chi connectivity index (χ1n) is 39.4. The van der Waals surface area contributed by atoms with Gasteiger partial charge in [0.15, 0.2) is 0 Å². The summed E-state index contributed by atoms with van der Waals surface area (Å²) in [5.74, 6) is -2.93. The first kappa shape index (κ1) is 95.6. The van der Waals surface area contributed by atoms with Gasteiger partial charge < -0.3 is 51.2 Å². The van der Waals surface area contributed by atoms with Gasteiger partial charge in [-0.25, -0.2) is 29.3 Å². The van der Waals surface area contributed by atoms with Crippen LogP contribution in [-0.2, 0) is 71.4 Å². The van der Waals surface area contributed by atoms with Crippen LogP contribution in [0.3, 0.4) is 0 Å². The molecule has 8 N–H and O–H groups in total. The standard InChI is InChI=1S/C54H43N7O2S2.3C15H22O3.2Zn/c1-29-23-25-35(33(5)27-29)43-45(53-55-39-19-11-13-21-41(39)64-53)49(60-51(62)37-17-9-7-15-31(37)3)58-47(43)57-48-44(36-26-24-30(2)28-34(36)6)46(54-56-40-20-12-14-22-42(40)65-54)50(59-48)61-52(63)38-18-10-8-16-32(38)4;3*1-14(2,3)9-7-10(13(17)18)12(16)11(8-9)15(4,5)6;;/h7-28H,1-6H3,(H3,55,56,57,58,59,60,61,62,63);3*7-8,16H,1-6H3,(H,17,18);;/p-1. The molecule has 0 saturated heterocycles. The van der Waals surface area contributed by atoms with Crippen molar-refractivity contribution in [1.82, 2.24) is 20.3 Å². The van der Waals surface area contributed by atoms with Crippen molar-refractivity contribution in [3.63, 3.8) is 0 Å². The smallest absolute Gasteiger partial charge is 0.339 e. The van der Waals surface area contributed by atoms with Gasteiger partial charge in [0.1, 0.15) is 49.8 Å². The number of hydrogen-bond donors (Lipinski definition) is 8. The summed E-state index contributed by atoms with van der Waals surface area (Å²) in [4.78, 5) is 88.5. The number of aryl methyl sites for hydroxylation is 6. The third kappa shape index (κ3) is 21.9. The van der Waals surface area contributed by atoms with Gasteiger partial charge in [-0.1, -0.05) is 257 Å². The number of aromatic carboxylic acids is 3. The molecule has 0 atom stereocenters. The zero-order valence-electron chi connectivity index (χ0n) is 73.9. The summed E-state index contributed by atoms with van der Waals surface area (Å²) in [7, 11) is 0. The zero-order chi connectivity index (χ0) is 87.8. The van der Waals surface area contributed by atoms with E-state index in [1.807, 2.05) is 254 Å². The maximum Gasteiger partial charge on any atom is 0.339 e. The number of aromatic nitrogens is 3. The van der Waals surface area contributed by atoms with Crippen LogP contribution in [0.5, 0.6) is 17.2 Å². The van der Waals surface area contributed by atoms with Crippen LogP contribution in [0.15, 0.2) is 180 Å². The number of amides is 2. The summed E-state index contributed by atoms with van der Waals surface area (Å²) >= 11 is 3.06. The van der Waals surface area contributed by atoms with E-state index in [9.17, 15) is 54.6 Å². The number of anilines is 1. The number of nitrogens with one attached hydrogen (secondary N) is 2. The van der Waals surface area contributed by atoms with Gasteiger partial charge in [0, 0.05) is 95.1 Å². The maximum atomic E-state index is 14.3. The third-order valence-electron chi connectivity index (χ3n) is 20.7. The minimum atomic E-state index is -1.09. The van der Waals surface area contributed by atoms with Crippen LogP contribution < -0.4 is 15.6 Å². The fourth-order valence-electron chi connectivity index (χ4n) is 13.8. The minimum Gasteiger partial charge on any atom is -0.507 e. The van der Waals surface area contributed by atoms with Crippen LogP contribution in [0.25, 0.3) is 53.3 Å². The van der Waals surface area contributed by atoms with Gasteiger partial charge in [-0.05, 0) is 173 Å². The number of aliphatic imine (C=N–C) groups is 2. The maximum absolute atomic E-state index is 14.3. The second kappa shape index (κ2) is 37.2. The van der Waals surface area contributed by atoms with Crippen LogP contribution in [0, 0.1) is 41.5 Å².